The minimum absolute atomic E-state index is 0.291. The van der Waals surface area contributed by atoms with Crippen molar-refractivity contribution in [3.63, 3.8) is 0 Å². The van der Waals surface area contributed by atoms with Crippen molar-refractivity contribution < 1.29 is 4.79 Å². The van der Waals surface area contributed by atoms with E-state index in [2.05, 4.69) is 26.0 Å². The molecule has 2 rings (SSSR count). The van der Waals surface area contributed by atoms with Crippen LogP contribution in [0.15, 0.2) is 24.3 Å². The zero-order valence-electron chi connectivity index (χ0n) is 10.9. The molecule has 0 unspecified atom stereocenters. The van der Waals surface area contributed by atoms with Crippen molar-refractivity contribution in [3.05, 3.63) is 35.4 Å². The van der Waals surface area contributed by atoms with E-state index in [1.807, 2.05) is 12.1 Å². The second-order valence-electron chi connectivity index (χ2n) is 5.61. The molecular formula is C16H22O. The number of carbonyl (C=O) groups excluding carboxylic acids is 1. The molecule has 92 valence electrons. The maximum absolute atomic E-state index is 11.9. The molecule has 0 saturated heterocycles. The van der Waals surface area contributed by atoms with E-state index in [0.29, 0.717) is 18.1 Å². The van der Waals surface area contributed by atoms with Crippen LogP contribution in [0.3, 0.4) is 0 Å². The molecule has 0 aromatic heterocycles. The van der Waals surface area contributed by atoms with Crippen LogP contribution >= 0.6 is 0 Å². The predicted molar refractivity (Wildman–Crippen MR) is 71.4 cm³/mol. The van der Waals surface area contributed by atoms with E-state index in [9.17, 15) is 4.79 Å². The quantitative estimate of drug-likeness (QED) is 0.677. The minimum Gasteiger partial charge on any atom is -0.294 e. The highest BCUT2D eigenvalue weighted by atomic mass is 16.1. The first kappa shape index (κ1) is 12.3. The van der Waals surface area contributed by atoms with Gasteiger partial charge in [-0.2, -0.15) is 0 Å². The van der Waals surface area contributed by atoms with Crippen molar-refractivity contribution in [2.75, 3.05) is 0 Å². The summed E-state index contributed by atoms with van der Waals surface area (Å²) in [5.74, 6) is 1.65. The Kier molecular flexibility index (Phi) is 3.98. The second kappa shape index (κ2) is 5.48. The molecule has 1 fully saturated rings. The Labute approximate surface area is 104 Å². The molecule has 0 atom stereocenters. The first-order valence-electron chi connectivity index (χ1n) is 6.80. The van der Waals surface area contributed by atoms with Gasteiger partial charge in [-0.1, -0.05) is 44.5 Å². The summed E-state index contributed by atoms with van der Waals surface area (Å²) in [4.78, 5) is 11.9. The molecule has 1 saturated carbocycles. The molecule has 1 aromatic carbocycles. The van der Waals surface area contributed by atoms with Gasteiger partial charge in [-0.3, -0.25) is 4.79 Å². The smallest absolute Gasteiger partial charge is 0.162 e. The second-order valence-corrected chi connectivity index (χ2v) is 5.61. The Hall–Kier alpha value is -1.11. The molecule has 0 spiro atoms. The first-order valence-corrected chi connectivity index (χ1v) is 6.80. The van der Waals surface area contributed by atoms with Gasteiger partial charge in [0.1, 0.15) is 0 Å². The van der Waals surface area contributed by atoms with Crippen molar-refractivity contribution >= 4 is 5.78 Å². The summed E-state index contributed by atoms with van der Waals surface area (Å²) in [5.41, 5.74) is 2.30. The third-order valence-electron chi connectivity index (χ3n) is 3.76. The normalized spacial score (nSPS) is 15.9. The molecule has 0 heterocycles. The minimum atomic E-state index is 0.291. The Morgan fingerprint density at radius 1 is 1.24 bits per heavy atom. The summed E-state index contributed by atoms with van der Waals surface area (Å²) in [6.45, 7) is 4.32. The molecule has 0 bridgehead atoms. The average Bonchev–Trinajstić information content (AvgIpc) is 2.24. The molecular weight excluding hydrogens is 208 g/mol. The van der Waals surface area contributed by atoms with Gasteiger partial charge in [-0.25, -0.2) is 0 Å². The molecule has 0 amide bonds. The lowest BCUT2D eigenvalue weighted by Crippen LogP contribution is -2.09. The first-order chi connectivity index (χ1) is 8.16. The van der Waals surface area contributed by atoms with Crippen molar-refractivity contribution in [2.45, 2.75) is 51.9 Å². The Balaban J connectivity index is 1.94. The van der Waals surface area contributed by atoms with Gasteiger partial charge in [-0.05, 0) is 36.7 Å². The zero-order valence-corrected chi connectivity index (χ0v) is 10.9. The molecule has 1 aliphatic carbocycles. The molecule has 1 aromatic rings. The number of rotatable bonds is 5. The molecule has 0 aliphatic heterocycles. The van der Waals surface area contributed by atoms with Crippen LogP contribution < -0.4 is 0 Å². The standard InChI is InChI=1S/C16H22O/c1-12(2)6-11-16(17)15-9-7-14(8-10-15)13-4-3-5-13/h7-10,12-13H,3-6,11H2,1-2H3. The fraction of sp³-hybridized carbons (Fsp3) is 0.562. The molecule has 0 N–H and O–H groups in total. The number of benzene rings is 1. The van der Waals surface area contributed by atoms with Crippen molar-refractivity contribution in [1.82, 2.24) is 0 Å². The van der Waals surface area contributed by atoms with Crippen LogP contribution in [0.4, 0.5) is 0 Å². The molecule has 1 nitrogen and oxygen atoms in total. The monoisotopic (exact) mass is 230 g/mol. The van der Waals surface area contributed by atoms with Crippen molar-refractivity contribution in [1.29, 1.82) is 0 Å². The third-order valence-corrected chi connectivity index (χ3v) is 3.76. The topological polar surface area (TPSA) is 17.1 Å². The third kappa shape index (κ3) is 3.18. The van der Waals surface area contributed by atoms with Crippen LogP contribution in [0, 0.1) is 5.92 Å². The van der Waals surface area contributed by atoms with Crippen LogP contribution in [0.1, 0.15) is 67.8 Å². The summed E-state index contributed by atoms with van der Waals surface area (Å²) in [7, 11) is 0. The number of hydrogen-bond donors (Lipinski definition) is 0. The van der Waals surface area contributed by atoms with Crippen LogP contribution in [0.25, 0.3) is 0 Å². The van der Waals surface area contributed by atoms with E-state index in [-0.39, 0.29) is 0 Å². The van der Waals surface area contributed by atoms with Crippen molar-refractivity contribution in [3.8, 4) is 0 Å². The van der Waals surface area contributed by atoms with Gasteiger partial charge in [0.25, 0.3) is 0 Å². The Morgan fingerprint density at radius 2 is 1.88 bits per heavy atom. The van der Waals surface area contributed by atoms with Gasteiger partial charge in [0, 0.05) is 12.0 Å². The van der Waals surface area contributed by atoms with E-state index < -0.39 is 0 Å². The van der Waals surface area contributed by atoms with Crippen molar-refractivity contribution in [2.24, 2.45) is 5.92 Å². The van der Waals surface area contributed by atoms with Crippen LogP contribution in [0.2, 0.25) is 0 Å². The van der Waals surface area contributed by atoms with E-state index in [4.69, 9.17) is 0 Å². The Morgan fingerprint density at radius 3 is 2.35 bits per heavy atom. The molecule has 1 aliphatic rings. The summed E-state index contributed by atoms with van der Waals surface area (Å²) >= 11 is 0. The lowest BCUT2D eigenvalue weighted by molar-refractivity contribution is 0.0975. The fourth-order valence-electron chi connectivity index (χ4n) is 2.25. The lowest BCUT2D eigenvalue weighted by atomic mass is 9.80. The highest BCUT2D eigenvalue weighted by molar-refractivity contribution is 5.96. The van der Waals surface area contributed by atoms with Gasteiger partial charge in [-0.15, -0.1) is 0 Å². The molecule has 17 heavy (non-hydrogen) atoms. The molecule has 0 radical (unpaired) electrons. The maximum Gasteiger partial charge on any atom is 0.162 e. The summed E-state index contributed by atoms with van der Waals surface area (Å²) < 4.78 is 0. The predicted octanol–water partition coefficient (Wildman–Crippen LogP) is 4.57. The van der Waals surface area contributed by atoms with Crippen LogP contribution in [-0.4, -0.2) is 5.78 Å². The van der Waals surface area contributed by atoms with E-state index >= 15 is 0 Å². The van der Waals surface area contributed by atoms with Crippen LogP contribution in [0.5, 0.6) is 0 Å². The van der Waals surface area contributed by atoms with E-state index in [1.165, 1.54) is 24.8 Å². The van der Waals surface area contributed by atoms with Gasteiger partial charge in [0.15, 0.2) is 5.78 Å². The van der Waals surface area contributed by atoms with Gasteiger partial charge in [0.05, 0.1) is 0 Å². The SMILES string of the molecule is CC(C)CCC(=O)c1ccc(C2CCC2)cc1. The number of hydrogen-bond acceptors (Lipinski definition) is 1. The van der Waals surface area contributed by atoms with Gasteiger partial charge >= 0.3 is 0 Å². The summed E-state index contributed by atoms with van der Waals surface area (Å²) in [6, 6.07) is 8.31. The molecule has 1 heteroatoms. The fourth-order valence-corrected chi connectivity index (χ4v) is 2.25. The highest BCUT2D eigenvalue weighted by Gasteiger charge is 2.19. The van der Waals surface area contributed by atoms with Gasteiger partial charge in [0.2, 0.25) is 0 Å². The van der Waals surface area contributed by atoms with Gasteiger partial charge < -0.3 is 0 Å². The largest absolute Gasteiger partial charge is 0.294 e. The number of carbonyl (C=O) groups is 1. The van der Waals surface area contributed by atoms with E-state index in [1.54, 1.807) is 0 Å². The summed E-state index contributed by atoms with van der Waals surface area (Å²) in [6.07, 6.45) is 5.67. The van der Waals surface area contributed by atoms with E-state index in [0.717, 1.165) is 17.9 Å². The Bertz CT molecular complexity index is 371. The average molecular weight is 230 g/mol. The maximum atomic E-state index is 11.9. The van der Waals surface area contributed by atoms with Crippen LogP contribution in [-0.2, 0) is 0 Å². The number of ketones is 1. The zero-order chi connectivity index (χ0) is 12.3. The summed E-state index contributed by atoms with van der Waals surface area (Å²) in [5, 5.41) is 0. The number of Topliss-reactive ketones (excluding diaryl/α,β-unsaturated/α-hetero) is 1. The lowest BCUT2D eigenvalue weighted by Gasteiger charge is -2.25. The highest BCUT2D eigenvalue weighted by Crippen LogP contribution is 2.36.